The summed E-state index contributed by atoms with van der Waals surface area (Å²) in [4.78, 5) is 9.60. The fraction of sp³-hybridized carbons (Fsp3) is 0.522. The van der Waals surface area contributed by atoms with Crippen molar-refractivity contribution >= 4 is 47.0 Å². The minimum Gasteiger partial charge on any atom is -0.493 e. The van der Waals surface area contributed by atoms with Crippen LogP contribution in [0.25, 0.3) is 0 Å². The van der Waals surface area contributed by atoms with E-state index in [4.69, 9.17) is 14.2 Å². The molecule has 32 heavy (non-hydrogen) atoms. The second kappa shape index (κ2) is 14.7. The predicted molar refractivity (Wildman–Crippen MR) is 143 cm³/mol. The van der Waals surface area contributed by atoms with Crippen LogP contribution in [0.2, 0.25) is 0 Å². The molecule has 1 unspecified atom stereocenters. The number of anilines is 1. The minimum absolute atomic E-state index is 0. The van der Waals surface area contributed by atoms with Crippen molar-refractivity contribution in [3.63, 3.8) is 0 Å². The zero-order chi connectivity index (χ0) is 21.9. The SMILES string of the molecule is CN=C(NCC(c1ccc(C)s1)N1CCOCC1)Nc1cccc(OCCCOC)c1.I. The summed E-state index contributed by atoms with van der Waals surface area (Å²) in [6.07, 6.45) is 0.864. The van der Waals surface area contributed by atoms with E-state index < -0.39 is 0 Å². The van der Waals surface area contributed by atoms with Crippen molar-refractivity contribution in [2.75, 3.05) is 65.5 Å². The van der Waals surface area contributed by atoms with Crippen molar-refractivity contribution in [3.05, 3.63) is 46.2 Å². The van der Waals surface area contributed by atoms with Crippen molar-refractivity contribution in [2.24, 2.45) is 4.99 Å². The summed E-state index contributed by atoms with van der Waals surface area (Å²) in [5.74, 6) is 1.57. The van der Waals surface area contributed by atoms with Crippen molar-refractivity contribution in [3.8, 4) is 5.75 Å². The molecule has 0 saturated carbocycles. The number of hydrogen-bond acceptors (Lipinski definition) is 6. The molecule has 0 bridgehead atoms. The lowest BCUT2D eigenvalue weighted by molar-refractivity contribution is 0.0177. The zero-order valence-electron chi connectivity index (χ0n) is 19.1. The normalized spacial score (nSPS) is 15.7. The van der Waals surface area contributed by atoms with Crippen LogP contribution in [-0.2, 0) is 9.47 Å². The Labute approximate surface area is 212 Å². The van der Waals surface area contributed by atoms with E-state index in [-0.39, 0.29) is 30.0 Å². The average Bonchev–Trinajstić information content (AvgIpc) is 3.23. The maximum Gasteiger partial charge on any atom is 0.195 e. The highest BCUT2D eigenvalue weighted by Crippen LogP contribution is 2.28. The summed E-state index contributed by atoms with van der Waals surface area (Å²) in [6.45, 7) is 7.70. The number of rotatable bonds is 10. The van der Waals surface area contributed by atoms with Gasteiger partial charge in [0.05, 0.1) is 25.9 Å². The first-order valence-corrected chi connectivity index (χ1v) is 11.6. The Balaban J connectivity index is 0.00000363. The Morgan fingerprint density at radius 1 is 1.22 bits per heavy atom. The molecule has 1 saturated heterocycles. The van der Waals surface area contributed by atoms with Crippen molar-refractivity contribution < 1.29 is 14.2 Å². The van der Waals surface area contributed by atoms with E-state index >= 15 is 0 Å². The highest BCUT2D eigenvalue weighted by molar-refractivity contribution is 14.0. The number of ether oxygens (including phenoxy) is 3. The van der Waals surface area contributed by atoms with Gasteiger partial charge in [-0.05, 0) is 31.2 Å². The first-order chi connectivity index (χ1) is 15.2. The number of nitrogens with one attached hydrogen (secondary N) is 2. The Morgan fingerprint density at radius 2 is 2.03 bits per heavy atom. The standard InChI is InChI=1S/C23H34N4O3S.HI/c1-18-8-9-22(31-18)21(27-10-14-29-15-11-27)17-25-23(24-2)26-19-6-4-7-20(16-19)30-13-5-12-28-3;/h4,6-9,16,21H,5,10-15,17H2,1-3H3,(H2,24,25,26);1H. The maximum atomic E-state index is 5.80. The van der Waals surface area contributed by atoms with Gasteiger partial charge in [-0.15, -0.1) is 35.3 Å². The largest absolute Gasteiger partial charge is 0.493 e. The Kier molecular flexibility index (Phi) is 12.3. The third-order valence-corrected chi connectivity index (χ3v) is 6.22. The van der Waals surface area contributed by atoms with Gasteiger partial charge < -0.3 is 24.8 Å². The highest BCUT2D eigenvalue weighted by atomic mass is 127. The highest BCUT2D eigenvalue weighted by Gasteiger charge is 2.24. The topological polar surface area (TPSA) is 67.4 Å². The van der Waals surface area contributed by atoms with E-state index in [1.807, 2.05) is 35.6 Å². The molecule has 1 aliphatic rings. The third kappa shape index (κ3) is 8.51. The molecule has 7 nitrogen and oxygen atoms in total. The second-order valence-electron chi connectivity index (χ2n) is 7.41. The van der Waals surface area contributed by atoms with Gasteiger partial charge in [0.1, 0.15) is 5.75 Å². The van der Waals surface area contributed by atoms with Crippen molar-refractivity contribution in [1.82, 2.24) is 10.2 Å². The van der Waals surface area contributed by atoms with Crippen LogP contribution in [0, 0.1) is 6.92 Å². The van der Waals surface area contributed by atoms with Gasteiger partial charge in [-0.1, -0.05) is 6.07 Å². The van der Waals surface area contributed by atoms with Crippen LogP contribution in [0.15, 0.2) is 41.4 Å². The molecule has 1 atom stereocenters. The third-order valence-electron chi connectivity index (χ3n) is 5.12. The number of nitrogens with zero attached hydrogens (tertiary/aromatic N) is 2. The number of thiophene rings is 1. The van der Waals surface area contributed by atoms with E-state index in [0.717, 1.165) is 56.7 Å². The Hall–Kier alpha value is -1.40. The summed E-state index contributed by atoms with van der Waals surface area (Å²) < 4.78 is 16.4. The second-order valence-corrected chi connectivity index (χ2v) is 8.73. The number of guanidine groups is 1. The minimum atomic E-state index is 0. The molecular formula is C23H35IN4O3S. The van der Waals surface area contributed by atoms with Gasteiger partial charge in [0, 0.05) is 68.3 Å². The van der Waals surface area contributed by atoms with Crippen LogP contribution >= 0.6 is 35.3 Å². The number of hydrogen-bond donors (Lipinski definition) is 2. The molecular weight excluding hydrogens is 539 g/mol. The molecule has 2 heterocycles. The molecule has 1 fully saturated rings. The number of aliphatic imine (C=N–C) groups is 1. The van der Waals surface area contributed by atoms with Crippen LogP contribution in [0.3, 0.4) is 0 Å². The van der Waals surface area contributed by atoms with Crippen LogP contribution in [0.4, 0.5) is 5.69 Å². The van der Waals surface area contributed by atoms with Gasteiger partial charge in [0.2, 0.25) is 0 Å². The quantitative estimate of drug-likeness (QED) is 0.193. The number of halogens is 1. The lowest BCUT2D eigenvalue weighted by Gasteiger charge is -2.34. The van der Waals surface area contributed by atoms with Gasteiger partial charge in [-0.25, -0.2) is 0 Å². The molecule has 0 radical (unpaired) electrons. The molecule has 3 rings (SSSR count). The van der Waals surface area contributed by atoms with E-state index in [2.05, 4.69) is 39.6 Å². The summed E-state index contributed by atoms with van der Waals surface area (Å²) >= 11 is 1.86. The lowest BCUT2D eigenvalue weighted by Crippen LogP contribution is -2.44. The summed E-state index contributed by atoms with van der Waals surface area (Å²) in [5, 5.41) is 6.89. The molecule has 1 aliphatic heterocycles. The summed E-state index contributed by atoms with van der Waals surface area (Å²) in [5.41, 5.74) is 0.937. The molecule has 2 N–H and O–H groups in total. The molecule has 2 aromatic rings. The fourth-order valence-corrected chi connectivity index (χ4v) is 4.51. The van der Waals surface area contributed by atoms with Crippen LogP contribution in [-0.4, -0.2) is 71.1 Å². The summed E-state index contributed by atoms with van der Waals surface area (Å²) in [7, 11) is 3.49. The van der Waals surface area contributed by atoms with Crippen LogP contribution in [0.1, 0.15) is 22.2 Å². The molecule has 178 valence electrons. The van der Waals surface area contributed by atoms with E-state index in [9.17, 15) is 0 Å². The van der Waals surface area contributed by atoms with Gasteiger partial charge in [-0.3, -0.25) is 9.89 Å². The first kappa shape index (κ1) is 26.8. The Bertz CT molecular complexity index is 827. The van der Waals surface area contributed by atoms with Crippen molar-refractivity contribution in [1.29, 1.82) is 0 Å². The Morgan fingerprint density at radius 3 is 2.72 bits per heavy atom. The number of morpholine rings is 1. The first-order valence-electron chi connectivity index (χ1n) is 10.8. The predicted octanol–water partition coefficient (Wildman–Crippen LogP) is 4.15. The van der Waals surface area contributed by atoms with E-state index in [1.165, 1.54) is 9.75 Å². The molecule has 0 spiro atoms. The lowest BCUT2D eigenvalue weighted by atomic mass is 10.2. The van der Waals surface area contributed by atoms with Crippen LogP contribution < -0.4 is 15.4 Å². The number of benzene rings is 1. The fourth-order valence-electron chi connectivity index (χ4n) is 3.50. The van der Waals surface area contributed by atoms with Gasteiger partial charge in [-0.2, -0.15) is 0 Å². The van der Waals surface area contributed by atoms with Gasteiger partial charge in [0.25, 0.3) is 0 Å². The maximum absolute atomic E-state index is 5.80. The smallest absolute Gasteiger partial charge is 0.195 e. The molecule has 0 amide bonds. The average molecular weight is 575 g/mol. The molecule has 1 aromatic heterocycles. The van der Waals surface area contributed by atoms with Crippen molar-refractivity contribution in [2.45, 2.75) is 19.4 Å². The summed E-state index contributed by atoms with van der Waals surface area (Å²) in [6, 6.07) is 12.7. The van der Waals surface area contributed by atoms with E-state index in [1.54, 1.807) is 14.2 Å². The molecule has 9 heteroatoms. The van der Waals surface area contributed by atoms with Gasteiger partial charge >= 0.3 is 0 Å². The number of aryl methyl sites for hydroxylation is 1. The number of methoxy groups -OCH3 is 1. The van der Waals surface area contributed by atoms with E-state index in [0.29, 0.717) is 13.2 Å². The monoisotopic (exact) mass is 574 g/mol. The van der Waals surface area contributed by atoms with Crippen LogP contribution in [0.5, 0.6) is 5.75 Å². The molecule has 0 aliphatic carbocycles. The zero-order valence-corrected chi connectivity index (χ0v) is 22.3. The molecule has 1 aromatic carbocycles. The van der Waals surface area contributed by atoms with Gasteiger partial charge in [0.15, 0.2) is 5.96 Å².